The van der Waals surface area contributed by atoms with Crippen molar-refractivity contribution >= 4 is 35.8 Å². The molecule has 158 valence electrons. The number of carbonyl (C=O) groups is 1. The Morgan fingerprint density at radius 3 is 2.41 bits per heavy atom. The quantitative estimate of drug-likeness (QED) is 0.276. The maximum absolute atomic E-state index is 12.6. The zero-order valence-corrected chi connectivity index (χ0v) is 19.6. The first-order valence-electron chi connectivity index (χ1n) is 10.5. The van der Waals surface area contributed by atoms with Gasteiger partial charge in [-0.15, -0.1) is 24.0 Å². The SMILES string of the molecule is CCNC(=NCC(CC)(CC)CO)NC1CCN(C(=O)C2CCCC2)C1.I. The summed E-state index contributed by atoms with van der Waals surface area (Å²) in [6.07, 6.45) is 7.32. The Balaban J connectivity index is 0.00000364. The molecule has 1 amide bonds. The van der Waals surface area contributed by atoms with E-state index in [2.05, 4.69) is 31.4 Å². The molecule has 1 aliphatic heterocycles. The molecule has 2 rings (SSSR count). The van der Waals surface area contributed by atoms with Gasteiger partial charge in [0.2, 0.25) is 5.91 Å². The minimum Gasteiger partial charge on any atom is -0.396 e. The van der Waals surface area contributed by atoms with E-state index in [1.54, 1.807) is 0 Å². The zero-order valence-electron chi connectivity index (χ0n) is 17.3. The first-order valence-corrected chi connectivity index (χ1v) is 10.5. The van der Waals surface area contributed by atoms with Crippen molar-refractivity contribution in [2.45, 2.75) is 71.8 Å². The van der Waals surface area contributed by atoms with Crippen molar-refractivity contribution in [3.8, 4) is 0 Å². The standard InChI is InChI=1S/C20H38N4O2.HI/c1-4-20(5-2,15-25)14-22-19(21-6-3)23-17-11-12-24(13-17)18(26)16-9-7-8-10-16;/h16-17,25H,4-15H2,1-3H3,(H2,21,22,23);1H. The molecule has 0 aromatic carbocycles. The summed E-state index contributed by atoms with van der Waals surface area (Å²) in [7, 11) is 0. The van der Waals surface area contributed by atoms with Crippen LogP contribution in [0.4, 0.5) is 0 Å². The van der Waals surface area contributed by atoms with E-state index in [-0.39, 0.29) is 48.0 Å². The molecular formula is C20H39IN4O2. The highest BCUT2D eigenvalue weighted by Gasteiger charge is 2.32. The Bertz CT molecular complexity index is 468. The minimum atomic E-state index is -0.136. The second-order valence-electron chi connectivity index (χ2n) is 7.96. The van der Waals surface area contributed by atoms with Crippen LogP contribution in [0.5, 0.6) is 0 Å². The molecule has 0 aromatic rings. The Kier molecular flexibility index (Phi) is 11.0. The average Bonchev–Trinajstić information content (AvgIpc) is 3.35. The number of aliphatic hydroxyl groups excluding tert-OH is 1. The molecule has 1 heterocycles. The van der Waals surface area contributed by atoms with E-state index in [1.807, 2.05) is 4.90 Å². The molecule has 6 nitrogen and oxygen atoms in total. The van der Waals surface area contributed by atoms with Gasteiger partial charge in [0.05, 0.1) is 13.2 Å². The molecule has 2 fully saturated rings. The Hall–Kier alpha value is -0.570. The lowest BCUT2D eigenvalue weighted by molar-refractivity contribution is -0.134. The van der Waals surface area contributed by atoms with Crippen LogP contribution in [0.3, 0.4) is 0 Å². The lowest BCUT2D eigenvalue weighted by Crippen LogP contribution is -2.46. The van der Waals surface area contributed by atoms with Gasteiger partial charge in [-0.3, -0.25) is 9.79 Å². The van der Waals surface area contributed by atoms with E-state index in [9.17, 15) is 9.90 Å². The molecule has 0 aromatic heterocycles. The predicted octanol–water partition coefficient (Wildman–Crippen LogP) is 2.75. The van der Waals surface area contributed by atoms with Gasteiger partial charge in [-0.1, -0.05) is 26.7 Å². The molecule has 1 unspecified atom stereocenters. The first-order chi connectivity index (χ1) is 12.6. The fourth-order valence-corrected chi connectivity index (χ4v) is 4.02. The van der Waals surface area contributed by atoms with Crippen molar-refractivity contribution in [3.05, 3.63) is 0 Å². The van der Waals surface area contributed by atoms with E-state index in [1.165, 1.54) is 12.8 Å². The highest BCUT2D eigenvalue weighted by atomic mass is 127. The van der Waals surface area contributed by atoms with E-state index < -0.39 is 0 Å². The largest absolute Gasteiger partial charge is 0.396 e. The van der Waals surface area contributed by atoms with Crippen molar-refractivity contribution in [1.29, 1.82) is 0 Å². The Labute approximate surface area is 182 Å². The molecule has 1 atom stereocenters. The molecular weight excluding hydrogens is 455 g/mol. The van der Waals surface area contributed by atoms with E-state index in [0.717, 1.165) is 57.7 Å². The molecule has 0 bridgehead atoms. The van der Waals surface area contributed by atoms with Crippen molar-refractivity contribution in [1.82, 2.24) is 15.5 Å². The van der Waals surface area contributed by atoms with Gasteiger partial charge in [0.25, 0.3) is 0 Å². The predicted molar refractivity (Wildman–Crippen MR) is 122 cm³/mol. The van der Waals surface area contributed by atoms with Gasteiger partial charge in [0.1, 0.15) is 0 Å². The highest BCUT2D eigenvalue weighted by molar-refractivity contribution is 14.0. The number of nitrogens with zero attached hydrogens (tertiary/aromatic N) is 2. The third kappa shape index (κ3) is 6.76. The molecule has 1 saturated carbocycles. The smallest absolute Gasteiger partial charge is 0.225 e. The summed E-state index contributed by atoms with van der Waals surface area (Å²) in [4.78, 5) is 19.4. The van der Waals surface area contributed by atoms with Gasteiger partial charge >= 0.3 is 0 Å². The fourth-order valence-electron chi connectivity index (χ4n) is 4.02. The van der Waals surface area contributed by atoms with E-state index >= 15 is 0 Å². The molecule has 1 saturated heterocycles. The van der Waals surface area contributed by atoms with Crippen LogP contribution in [0.1, 0.15) is 65.7 Å². The summed E-state index contributed by atoms with van der Waals surface area (Å²) < 4.78 is 0. The van der Waals surface area contributed by atoms with E-state index in [0.29, 0.717) is 12.5 Å². The third-order valence-corrected chi connectivity index (χ3v) is 6.30. The van der Waals surface area contributed by atoms with Crippen LogP contribution in [-0.2, 0) is 4.79 Å². The topological polar surface area (TPSA) is 77.0 Å². The number of hydrogen-bond donors (Lipinski definition) is 3. The van der Waals surface area contributed by atoms with Crippen LogP contribution in [-0.4, -0.2) is 60.7 Å². The van der Waals surface area contributed by atoms with Gasteiger partial charge in [-0.25, -0.2) is 0 Å². The van der Waals surface area contributed by atoms with Gasteiger partial charge < -0.3 is 20.6 Å². The minimum absolute atomic E-state index is 0. The van der Waals surface area contributed by atoms with Crippen molar-refractivity contribution in [2.24, 2.45) is 16.3 Å². The summed E-state index contributed by atoms with van der Waals surface area (Å²) in [6, 6.07) is 0.255. The van der Waals surface area contributed by atoms with Crippen LogP contribution in [0.15, 0.2) is 4.99 Å². The monoisotopic (exact) mass is 494 g/mol. The lowest BCUT2D eigenvalue weighted by atomic mass is 9.83. The number of carbonyl (C=O) groups excluding carboxylic acids is 1. The van der Waals surface area contributed by atoms with Crippen molar-refractivity contribution < 1.29 is 9.90 Å². The third-order valence-electron chi connectivity index (χ3n) is 6.30. The number of amides is 1. The summed E-state index contributed by atoms with van der Waals surface area (Å²) >= 11 is 0. The zero-order chi connectivity index (χ0) is 19.0. The number of aliphatic hydroxyl groups is 1. The molecule has 7 heteroatoms. The maximum Gasteiger partial charge on any atom is 0.225 e. The normalized spacial score (nSPS) is 21.3. The molecule has 3 N–H and O–H groups in total. The second kappa shape index (κ2) is 12.1. The molecule has 1 aliphatic carbocycles. The van der Waals surface area contributed by atoms with Crippen LogP contribution in [0, 0.1) is 11.3 Å². The molecule has 27 heavy (non-hydrogen) atoms. The van der Waals surface area contributed by atoms with Crippen LogP contribution < -0.4 is 10.6 Å². The number of guanidine groups is 1. The van der Waals surface area contributed by atoms with Crippen molar-refractivity contribution in [3.63, 3.8) is 0 Å². The van der Waals surface area contributed by atoms with Crippen molar-refractivity contribution in [2.75, 3.05) is 32.8 Å². The maximum atomic E-state index is 12.6. The van der Waals surface area contributed by atoms with Gasteiger partial charge in [-0.2, -0.15) is 0 Å². The van der Waals surface area contributed by atoms with Crippen LogP contribution in [0.2, 0.25) is 0 Å². The average molecular weight is 494 g/mol. The molecule has 0 spiro atoms. The summed E-state index contributed by atoms with van der Waals surface area (Å²) in [5.41, 5.74) is -0.136. The second-order valence-corrected chi connectivity index (χ2v) is 7.96. The highest BCUT2D eigenvalue weighted by Crippen LogP contribution is 2.28. The number of rotatable bonds is 8. The van der Waals surface area contributed by atoms with Crippen LogP contribution in [0.25, 0.3) is 0 Å². The van der Waals surface area contributed by atoms with Gasteiger partial charge in [0.15, 0.2) is 5.96 Å². The molecule has 2 aliphatic rings. The van der Waals surface area contributed by atoms with E-state index in [4.69, 9.17) is 4.99 Å². The number of likely N-dealkylation sites (tertiary alicyclic amines) is 1. The number of nitrogens with one attached hydrogen (secondary N) is 2. The molecule has 0 radical (unpaired) electrons. The summed E-state index contributed by atoms with van der Waals surface area (Å²) in [6.45, 7) is 9.47. The van der Waals surface area contributed by atoms with Gasteiger partial charge in [0, 0.05) is 37.0 Å². The summed E-state index contributed by atoms with van der Waals surface area (Å²) in [5.74, 6) is 1.41. The van der Waals surface area contributed by atoms with Crippen LogP contribution >= 0.6 is 24.0 Å². The fraction of sp³-hybridized carbons (Fsp3) is 0.900. The van der Waals surface area contributed by atoms with Gasteiger partial charge in [-0.05, 0) is 39.0 Å². The number of aliphatic imine (C=N–C) groups is 1. The first kappa shape index (κ1) is 24.5. The number of halogens is 1. The Morgan fingerprint density at radius 1 is 1.19 bits per heavy atom. The Morgan fingerprint density at radius 2 is 1.85 bits per heavy atom. The lowest BCUT2D eigenvalue weighted by Gasteiger charge is -2.28. The summed E-state index contributed by atoms with van der Waals surface area (Å²) in [5, 5.41) is 16.6. The number of hydrogen-bond acceptors (Lipinski definition) is 3.